The summed E-state index contributed by atoms with van der Waals surface area (Å²) in [7, 11) is 0. The Morgan fingerprint density at radius 3 is 2.24 bits per heavy atom. The summed E-state index contributed by atoms with van der Waals surface area (Å²) in [6.07, 6.45) is -1.32. The highest BCUT2D eigenvalue weighted by Gasteiger charge is 2.73. The average molecular weight is 591 g/mol. The maximum absolute atomic E-state index is 14.5. The summed E-state index contributed by atoms with van der Waals surface area (Å²) in [6.45, 7) is 0.404. The Labute approximate surface area is 237 Å². The lowest BCUT2D eigenvalue weighted by atomic mass is 9.41. The van der Waals surface area contributed by atoms with E-state index >= 15 is 0 Å². The number of nitrogens with zero attached hydrogens (tertiary/aromatic N) is 4. The highest BCUT2D eigenvalue weighted by Crippen LogP contribution is 2.70. The topological polar surface area (TPSA) is 72.1 Å². The Hall–Kier alpha value is -3.44. The van der Waals surface area contributed by atoms with Gasteiger partial charge in [0.2, 0.25) is 11.7 Å². The highest BCUT2D eigenvalue weighted by molar-refractivity contribution is 6.00. The molecular weight excluding hydrogens is 562 g/mol. The second kappa shape index (κ2) is 9.03. The molecule has 6 aliphatic carbocycles. The number of hydrogen-bond acceptors (Lipinski definition) is 5. The Morgan fingerprint density at radius 2 is 1.69 bits per heavy atom. The van der Waals surface area contributed by atoms with Crippen LogP contribution in [-0.4, -0.2) is 33.2 Å². The monoisotopic (exact) mass is 590 g/mol. The number of amides is 1. The van der Waals surface area contributed by atoms with Crippen molar-refractivity contribution in [3.05, 3.63) is 59.7 Å². The molecule has 6 nitrogen and oxygen atoms in total. The van der Waals surface area contributed by atoms with Crippen molar-refractivity contribution in [1.29, 1.82) is 0 Å². The summed E-state index contributed by atoms with van der Waals surface area (Å²) >= 11 is 0. The SMILES string of the molecule is O=C(N(CC12CCC(c3ccc(C(F)(F)F)cn3)(CC1)CC2)c1cccc(-c2noc(C(F)F)n2)c1)C12CC(F)(C1)C2. The van der Waals surface area contributed by atoms with Gasteiger partial charge in [-0.2, -0.15) is 26.9 Å². The number of halogens is 6. The van der Waals surface area contributed by atoms with Crippen molar-refractivity contribution in [2.24, 2.45) is 10.8 Å². The molecule has 6 aliphatic rings. The van der Waals surface area contributed by atoms with Crippen LogP contribution in [0.15, 0.2) is 47.1 Å². The van der Waals surface area contributed by atoms with Gasteiger partial charge in [-0.15, -0.1) is 0 Å². The first-order valence-electron chi connectivity index (χ1n) is 14.1. The summed E-state index contributed by atoms with van der Waals surface area (Å²) < 4.78 is 84.5. The molecule has 6 saturated carbocycles. The number of anilines is 1. The molecule has 2 heterocycles. The Balaban J connectivity index is 1.15. The van der Waals surface area contributed by atoms with E-state index in [0.717, 1.165) is 50.8 Å². The molecule has 0 unspecified atom stereocenters. The second-order valence-corrected chi connectivity index (χ2v) is 12.9. The first-order valence-corrected chi connectivity index (χ1v) is 14.1. The summed E-state index contributed by atoms with van der Waals surface area (Å²) in [6, 6.07) is 9.38. The molecule has 0 spiro atoms. The number of alkyl halides is 6. The van der Waals surface area contributed by atoms with Crippen LogP contribution in [0.25, 0.3) is 11.4 Å². The number of carbonyl (C=O) groups excluding carboxylic acids is 1. The zero-order valence-corrected chi connectivity index (χ0v) is 22.6. The Bertz CT molecular complexity index is 1490. The largest absolute Gasteiger partial charge is 0.417 e. The number of hydrogen-bond donors (Lipinski definition) is 0. The number of rotatable bonds is 7. The summed E-state index contributed by atoms with van der Waals surface area (Å²) in [5.41, 5.74) is -1.63. The maximum atomic E-state index is 14.5. The third-order valence-corrected chi connectivity index (χ3v) is 10.2. The molecule has 6 fully saturated rings. The van der Waals surface area contributed by atoms with Gasteiger partial charge in [0.05, 0.1) is 11.0 Å². The number of benzene rings is 1. The van der Waals surface area contributed by atoms with Gasteiger partial charge in [0, 0.05) is 35.1 Å². The van der Waals surface area contributed by atoms with Gasteiger partial charge in [-0.05, 0) is 87.5 Å². The fourth-order valence-electron chi connectivity index (χ4n) is 7.81. The van der Waals surface area contributed by atoms with Gasteiger partial charge in [0.1, 0.15) is 5.67 Å². The van der Waals surface area contributed by atoms with Gasteiger partial charge in [-0.1, -0.05) is 17.3 Å². The molecule has 9 rings (SSSR count). The van der Waals surface area contributed by atoms with E-state index in [9.17, 15) is 31.1 Å². The minimum atomic E-state index is -4.44. The van der Waals surface area contributed by atoms with Crippen molar-refractivity contribution in [2.45, 2.75) is 81.5 Å². The van der Waals surface area contributed by atoms with Gasteiger partial charge in [0.15, 0.2) is 0 Å². The first-order chi connectivity index (χ1) is 19.8. The minimum absolute atomic E-state index is 0.0184. The van der Waals surface area contributed by atoms with E-state index in [1.165, 1.54) is 6.07 Å². The molecule has 12 heteroatoms. The van der Waals surface area contributed by atoms with Crippen LogP contribution in [0.1, 0.15) is 81.4 Å². The number of carbonyl (C=O) groups is 1. The average Bonchev–Trinajstić information content (AvgIpc) is 3.45. The molecule has 222 valence electrons. The van der Waals surface area contributed by atoms with E-state index in [1.807, 2.05) is 0 Å². The van der Waals surface area contributed by atoms with Crippen molar-refractivity contribution in [1.82, 2.24) is 15.1 Å². The molecule has 4 bridgehead atoms. The molecule has 0 saturated heterocycles. The summed E-state index contributed by atoms with van der Waals surface area (Å²) in [4.78, 5) is 23.7. The maximum Gasteiger partial charge on any atom is 0.417 e. The van der Waals surface area contributed by atoms with Crippen LogP contribution in [0.4, 0.5) is 32.0 Å². The van der Waals surface area contributed by atoms with Crippen LogP contribution in [0, 0.1) is 10.8 Å². The van der Waals surface area contributed by atoms with E-state index < -0.39 is 35.1 Å². The quantitative estimate of drug-likeness (QED) is 0.265. The van der Waals surface area contributed by atoms with Crippen molar-refractivity contribution < 1.29 is 35.7 Å². The van der Waals surface area contributed by atoms with Gasteiger partial charge in [0.25, 0.3) is 5.89 Å². The highest BCUT2D eigenvalue weighted by atomic mass is 19.4. The molecule has 42 heavy (non-hydrogen) atoms. The lowest BCUT2D eigenvalue weighted by molar-refractivity contribution is -0.211. The zero-order chi connectivity index (χ0) is 29.5. The van der Waals surface area contributed by atoms with Crippen molar-refractivity contribution in [2.75, 3.05) is 11.4 Å². The molecule has 0 N–H and O–H groups in total. The summed E-state index contributed by atoms with van der Waals surface area (Å²) in [5.74, 6) is -0.948. The Morgan fingerprint density at radius 1 is 1.00 bits per heavy atom. The molecule has 3 aromatic rings. The molecular formula is C30H28F6N4O2. The Kier molecular flexibility index (Phi) is 5.89. The van der Waals surface area contributed by atoms with E-state index in [-0.39, 0.29) is 41.8 Å². The van der Waals surface area contributed by atoms with E-state index in [1.54, 1.807) is 29.2 Å². The predicted molar refractivity (Wildman–Crippen MR) is 138 cm³/mol. The third-order valence-electron chi connectivity index (χ3n) is 10.2. The summed E-state index contributed by atoms with van der Waals surface area (Å²) in [5, 5.41) is 3.67. The number of pyridine rings is 1. The predicted octanol–water partition coefficient (Wildman–Crippen LogP) is 7.61. The van der Waals surface area contributed by atoms with Crippen LogP contribution in [-0.2, 0) is 16.4 Å². The normalized spacial score (nSPS) is 31.5. The lowest BCUT2D eigenvalue weighted by Gasteiger charge is -2.65. The van der Waals surface area contributed by atoms with Gasteiger partial charge >= 0.3 is 12.6 Å². The van der Waals surface area contributed by atoms with Crippen LogP contribution >= 0.6 is 0 Å². The fourth-order valence-corrected chi connectivity index (χ4v) is 7.81. The fraction of sp³-hybridized carbons (Fsp3) is 0.533. The first kappa shape index (κ1) is 27.4. The van der Waals surface area contributed by atoms with Crippen LogP contribution < -0.4 is 4.90 Å². The van der Waals surface area contributed by atoms with Crippen molar-refractivity contribution >= 4 is 11.6 Å². The van der Waals surface area contributed by atoms with Gasteiger partial charge < -0.3 is 9.42 Å². The van der Waals surface area contributed by atoms with Crippen molar-refractivity contribution in [3.63, 3.8) is 0 Å². The molecule has 2 aromatic heterocycles. The van der Waals surface area contributed by atoms with E-state index in [4.69, 9.17) is 0 Å². The van der Waals surface area contributed by atoms with Gasteiger partial charge in [-0.25, -0.2) is 4.39 Å². The standard InChI is InChI=1S/C30H28F6N4O2/c31-22(32)24-38-23(39-42-24)18-2-1-3-20(12-18)40(25(41)28-14-29(33,15-28)16-28)17-26-6-9-27(10-7-26,11-8-26)21-5-4-19(13-37-21)30(34,35)36/h1-5,12-13,22H,6-11,14-17H2. The van der Waals surface area contributed by atoms with Crippen molar-refractivity contribution in [3.8, 4) is 11.4 Å². The molecule has 0 atom stereocenters. The lowest BCUT2D eigenvalue weighted by Crippen LogP contribution is -2.71. The molecule has 1 aromatic carbocycles. The van der Waals surface area contributed by atoms with E-state index in [2.05, 4.69) is 19.6 Å². The van der Waals surface area contributed by atoms with Crippen LogP contribution in [0.3, 0.4) is 0 Å². The molecule has 0 radical (unpaired) electrons. The van der Waals surface area contributed by atoms with E-state index in [0.29, 0.717) is 23.5 Å². The number of aromatic nitrogens is 3. The smallest absolute Gasteiger partial charge is 0.333 e. The van der Waals surface area contributed by atoms with Gasteiger partial charge in [-0.3, -0.25) is 9.78 Å². The molecule has 1 amide bonds. The van der Waals surface area contributed by atoms with Crippen LogP contribution in [0.2, 0.25) is 0 Å². The minimum Gasteiger partial charge on any atom is -0.333 e. The van der Waals surface area contributed by atoms with Crippen LogP contribution in [0.5, 0.6) is 0 Å². The molecule has 0 aliphatic heterocycles. The number of fused-ring (bicyclic) bond motifs is 3. The zero-order valence-electron chi connectivity index (χ0n) is 22.6. The second-order valence-electron chi connectivity index (χ2n) is 12.9. The third kappa shape index (κ3) is 4.31.